The summed E-state index contributed by atoms with van der Waals surface area (Å²) in [5.41, 5.74) is 6.90. The number of rotatable bonds is 7. The third-order valence-corrected chi connectivity index (χ3v) is 4.96. The molecule has 19 heavy (non-hydrogen) atoms. The van der Waals surface area contributed by atoms with Gasteiger partial charge in [0.2, 0.25) is 0 Å². The molecule has 2 N–H and O–H groups in total. The van der Waals surface area contributed by atoms with E-state index in [9.17, 15) is 0 Å². The minimum Gasteiger partial charge on any atom is -0.329 e. The minimum atomic E-state index is 0.227. The normalized spacial score (nSPS) is 30.5. The maximum absolute atomic E-state index is 6.24. The van der Waals surface area contributed by atoms with E-state index in [0.717, 1.165) is 19.6 Å². The molecule has 0 saturated heterocycles. The summed E-state index contributed by atoms with van der Waals surface area (Å²) in [7, 11) is 4.30. The van der Waals surface area contributed by atoms with Crippen LogP contribution in [0, 0.1) is 11.3 Å². The Balaban J connectivity index is 2.75. The molecule has 0 aromatic heterocycles. The van der Waals surface area contributed by atoms with E-state index >= 15 is 0 Å². The van der Waals surface area contributed by atoms with Gasteiger partial charge < -0.3 is 10.6 Å². The highest BCUT2D eigenvalue weighted by molar-refractivity contribution is 5.05. The van der Waals surface area contributed by atoms with Gasteiger partial charge in [-0.1, -0.05) is 27.7 Å². The first-order chi connectivity index (χ1) is 8.77. The van der Waals surface area contributed by atoms with Crippen molar-refractivity contribution in [3.05, 3.63) is 0 Å². The highest BCUT2D eigenvalue weighted by atomic mass is 15.2. The zero-order valence-electron chi connectivity index (χ0n) is 14.0. The van der Waals surface area contributed by atoms with Gasteiger partial charge in [-0.2, -0.15) is 0 Å². The maximum atomic E-state index is 6.24. The van der Waals surface area contributed by atoms with Gasteiger partial charge in [-0.3, -0.25) is 4.90 Å². The lowest BCUT2D eigenvalue weighted by Gasteiger charge is -2.44. The van der Waals surface area contributed by atoms with Crippen molar-refractivity contribution in [2.24, 2.45) is 17.1 Å². The van der Waals surface area contributed by atoms with E-state index in [-0.39, 0.29) is 5.54 Å². The predicted molar refractivity (Wildman–Crippen MR) is 84.4 cm³/mol. The summed E-state index contributed by atoms with van der Waals surface area (Å²) in [5, 5.41) is 0. The Morgan fingerprint density at radius 2 is 1.84 bits per heavy atom. The van der Waals surface area contributed by atoms with Gasteiger partial charge in [-0.15, -0.1) is 0 Å². The fourth-order valence-corrected chi connectivity index (χ4v) is 4.19. The number of hydrogen-bond acceptors (Lipinski definition) is 3. The average molecular weight is 269 g/mol. The van der Waals surface area contributed by atoms with Gasteiger partial charge >= 0.3 is 0 Å². The van der Waals surface area contributed by atoms with Gasteiger partial charge in [0.25, 0.3) is 0 Å². The van der Waals surface area contributed by atoms with Gasteiger partial charge in [0.15, 0.2) is 0 Å². The van der Waals surface area contributed by atoms with Crippen molar-refractivity contribution in [3.63, 3.8) is 0 Å². The van der Waals surface area contributed by atoms with Crippen LogP contribution in [0.4, 0.5) is 0 Å². The summed E-state index contributed by atoms with van der Waals surface area (Å²) in [6.45, 7) is 13.7. The Labute approximate surface area is 120 Å². The van der Waals surface area contributed by atoms with Crippen LogP contribution >= 0.6 is 0 Å². The highest BCUT2D eigenvalue weighted by Crippen LogP contribution is 2.49. The first kappa shape index (κ1) is 16.9. The topological polar surface area (TPSA) is 32.5 Å². The van der Waals surface area contributed by atoms with Crippen LogP contribution in [0.1, 0.15) is 47.0 Å². The Kier molecular flexibility index (Phi) is 5.84. The van der Waals surface area contributed by atoms with Gasteiger partial charge in [-0.05, 0) is 64.3 Å². The van der Waals surface area contributed by atoms with E-state index < -0.39 is 0 Å². The van der Waals surface area contributed by atoms with Gasteiger partial charge in [-0.25, -0.2) is 0 Å². The summed E-state index contributed by atoms with van der Waals surface area (Å²) in [5.74, 6) is 0.701. The van der Waals surface area contributed by atoms with Crippen LogP contribution in [0.5, 0.6) is 0 Å². The molecular formula is C16H35N3. The lowest BCUT2D eigenvalue weighted by Crippen LogP contribution is -2.56. The van der Waals surface area contributed by atoms with E-state index in [1.165, 1.54) is 25.8 Å². The zero-order valence-corrected chi connectivity index (χ0v) is 14.0. The molecule has 0 radical (unpaired) electrons. The third kappa shape index (κ3) is 3.93. The van der Waals surface area contributed by atoms with Crippen LogP contribution in [0.2, 0.25) is 0 Å². The number of hydrogen-bond donors (Lipinski definition) is 1. The van der Waals surface area contributed by atoms with Crippen LogP contribution < -0.4 is 5.73 Å². The molecule has 114 valence electrons. The molecule has 2 unspecified atom stereocenters. The van der Waals surface area contributed by atoms with Crippen LogP contribution in [0.3, 0.4) is 0 Å². The summed E-state index contributed by atoms with van der Waals surface area (Å²) in [6, 6.07) is 0. The second kappa shape index (κ2) is 6.55. The van der Waals surface area contributed by atoms with Crippen molar-refractivity contribution in [3.8, 4) is 0 Å². The minimum absolute atomic E-state index is 0.227. The molecule has 3 nitrogen and oxygen atoms in total. The quantitative estimate of drug-likeness (QED) is 0.770. The number of likely N-dealkylation sites (N-methyl/N-ethyl adjacent to an activating group) is 1. The SMILES string of the molecule is CCN(CCCN(C)C)C1(CN)CC(C)(C)CC1C. The molecule has 0 aromatic carbocycles. The summed E-state index contributed by atoms with van der Waals surface area (Å²) < 4.78 is 0. The molecular weight excluding hydrogens is 234 g/mol. The molecule has 1 rings (SSSR count). The van der Waals surface area contributed by atoms with Crippen LogP contribution in [-0.2, 0) is 0 Å². The van der Waals surface area contributed by atoms with Crippen molar-refractivity contribution in [1.29, 1.82) is 0 Å². The Morgan fingerprint density at radius 1 is 1.21 bits per heavy atom. The maximum Gasteiger partial charge on any atom is 0.0362 e. The molecule has 0 amide bonds. The molecule has 1 fully saturated rings. The lowest BCUT2D eigenvalue weighted by atomic mass is 9.84. The molecule has 0 heterocycles. The molecule has 0 bridgehead atoms. The van der Waals surface area contributed by atoms with Crippen molar-refractivity contribution in [2.45, 2.75) is 52.5 Å². The monoisotopic (exact) mass is 269 g/mol. The average Bonchev–Trinajstić information content (AvgIpc) is 2.54. The highest BCUT2D eigenvalue weighted by Gasteiger charge is 2.50. The Bertz CT molecular complexity index is 275. The van der Waals surface area contributed by atoms with Crippen LogP contribution in [-0.4, -0.2) is 55.6 Å². The largest absolute Gasteiger partial charge is 0.329 e. The Hall–Kier alpha value is -0.120. The van der Waals surface area contributed by atoms with E-state index in [2.05, 4.69) is 51.6 Å². The molecule has 0 aliphatic heterocycles. The molecule has 1 aliphatic carbocycles. The smallest absolute Gasteiger partial charge is 0.0362 e. The third-order valence-electron chi connectivity index (χ3n) is 4.96. The van der Waals surface area contributed by atoms with Gasteiger partial charge in [0.05, 0.1) is 0 Å². The first-order valence-corrected chi connectivity index (χ1v) is 7.87. The lowest BCUT2D eigenvalue weighted by molar-refractivity contribution is 0.0609. The fraction of sp³-hybridized carbons (Fsp3) is 1.00. The van der Waals surface area contributed by atoms with E-state index in [1.54, 1.807) is 0 Å². The summed E-state index contributed by atoms with van der Waals surface area (Å²) >= 11 is 0. The molecule has 2 atom stereocenters. The van der Waals surface area contributed by atoms with Crippen LogP contribution in [0.15, 0.2) is 0 Å². The van der Waals surface area contributed by atoms with E-state index in [4.69, 9.17) is 5.73 Å². The molecule has 0 spiro atoms. The Morgan fingerprint density at radius 3 is 2.21 bits per heavy atom. The second-order valence-corrected chi connectivity index (χ2v) is 7.49. The molecule has 3 heteroatoms. The van der Waals surface area contributed by atoms with Crippen molar-refractivity contribution in [2.75, 3.05) is 40.3 Å². The van der Waals surface area contributed by atoms with Crippen molar-refractivity contribution >= 4 is 0 Å². The molecule has 1 aliphatic rings. The second-order valence-electron chi connectivity index (χ2n) is 7.49. The zero-order chi connectivity index (χ0) is 14.7. The molecule has 1 saturated carbocycles. The number of nitrogens with two attached hydrogens (primary N) is 1. The number of nitrogens with zero attached hydrogens (tertiary/aromatic N) is 2. The first-order valence-electron chi connectivity index (χ1n) is 7.87. The van der Waals surface area contributed by atoms with Gasteiger partial charge in [0, 0.05) is 12.1 Å². The summed E-state index contributed by atoms with van der Waals surface area (Å²) in [4.78, 5) is 4.93. The van der Waals surface area contributed by atoms with E-state index in [1.807, 2.05) is 0 Å². The standard InChI is InChI=1S/C16H35N3/c1-7-19(10-8-9-18(5)6)16(13-17)12-15(3,4)11-14(16)2/h14H,7-13,17H2,1-6H3. The van der Waals surface area contributed by atoms with Crippen molar-refractivity contribution in [1.82, 2.24) is 9.80 Å². The van der Waals surface area contributed by atoms with E-state index in [0.29, 0.717) is 11.3 Å². The van der Waals surface area contributed by atoms with Gasteiger partial charge in [0.1, 0.15) is 0 Å². The summed E-state index contributed by atoms with van der Waals surface area (Å²) in [6.07, 6.45) is 3.78. The van der Waals surface area contributed by atoms with Crippen molar-refractivity contribution < 1.29 is 0 Å². The van der Waals surface area contributed by atoms with Crippen LogP contribution in [0.25, 0.3) is 0 Å². The molecule has 0 aromatic rings. The fourth-order valence-electron chi connectivity index (χ4n) is 4.19. The predicted octanol–water partition coefficient (Wildman–Crippen LogP) is 2.41.